The van der Waals surface area contributed by atoms with Gasteiger partial charge in [-0.1, -0.05) is 30.3 Å². The monoisotopic (exact) mass is 330 g/mol. The van der Waals surface area contributed by atoms with Gasteiger partial charge in [-0.2, -0.15) is 0 Å². The van der Waals surface area contributed by atoms with Gasteiger partial charge in [-0.15, -0.1) is 0 Å². The maximum Gasteiger partial charge on any atom is 0.229 e. The number of nitrogens with one attached hydrogen (secondary N) is 1. The third kappa shape index (κ3) is 3.98. The highest BCUT2D eigenvalue weighted by molar-refractivity contribution is 5.83. The van der Waals surface area contributed by atoms with Crippen LogP contribution in [0.3, 0.4) is 0 Å². The number of rotatable bonds is 5. The molecule has 4 nitrogen and oxygen atoms in total. The van der Waals surface area contributed by atoms with Gasteiger partial charge >= 0.3 is 0 Å². The SMILES string of the molecule is COCC1CCCN(C(=O)C2(Cc3ccccc3)CCNCC2)C1. The average Bonchev–Trinajstić information content (AvgIpc) is 2.63. The number of amides is 1. The third-order valence-electron chi connectivity index (χ3n) is 5.61. The van der Waals surface area contributed by atoms with Crippen LogP contribution in [-0.4, -0.2) is 50.7 Å². The van der Waals surface area contributed by atoms with Crippen LogP contribution in [0, 0.1) is 11.3 Å². The summed E-state index contributed by atoms with van der Waals surface area (Å²) in [4.78, 5) is 15.6. The number of methoxy groups -OCH3 is 1. The minimum absolute atomic E-state index is 0.235. The zero-order valence-corrected chi connectivity index (χ0v) is 14.8. The first kappa shape index (κ1) is 17.4. The van der Waals surface area contributed by atoms with Gasteiger partial charge in [0.1, 0.15) is 0 Å². The lowest BCUT2D eigenvalue weighted by molar-refractivity contribution is -0.146. The van der Waals surface area contributed by atoms with Crippen molar-refractivity contribution < 1.29 is 9.53 Å². The molecule has 4 heteroatoms. The van der Waals surface area contributed by atoms with Crippen molar-refractivity contribution >= 4 is 5.91 Å². The molecule has 1 atom stereocenters. The minimum atomic E-state index is -0.235. The van der Waals surface area contributed by atoms with E-state index in [4.69, 9.17) is 4.74 Å². The third-order valence-corrected chi connectivity index (χ3v) is 5.61. The fourth-order valence-electron chi connectivity index (χ4n) is 4.31. The van der Waals surface area contributed by atoms with Crippen molar-refractivity contribution in [1.29, 1.82) is 0 Å². The van der Waals surface area contributed by atoms with Gasteiger partial charge in [0, 0.05) is 20.2 Å². The van der Waals surface area contributed by atoms with Crippen molar-refractivity contribution in [2.45, 2.75) is 32.1 Å². The molecule has 2 heterocycles. The summed E-state index contributed by atoms with van der Waals surface area (Å²) in [5.74, 6) is 0.858. The van der Waals surface area contributed by atoms with Crippen LogP contribution in [0.15, 0.2) is 30.3 Å². The van der Waals surface area contributed by atoms with E-state index >= 15 is 0 Å². The predicted molar refractivity (Wildman–Crippen MR) is 95.9 cm³/mol. The first-order valence-electron chi connectivity index (χ1n) is 9.26. The van der Waals surface area contributed by atoms with Crippen LogP contribution in [0.5, 0.6) is 0 Å². The van der Waals surface area contributed by atoms with E-state index in [1.807, 2.05) is 6.07 Å². The van der Waals surface area contributed by atoms with Crippen LogP contribution < -0.4 is 5.32 Å². The number of ether oxygens (including phenoxy) is 1. The van der Waals surface area contributed by atoms with Crippen LogP contribution in [0.2, 0.25) is 0 Å². The Balaban J connectivity index is 1.76. The van der Waals surface area contributed by atoms with Crippen molar-refractivity contribution in [3.05, 3.63) is 35.9 Å². The number of hydrogen-bond acceptors (Lipinski definition) is 3. The van der Waals surface area contributed by atoms with Crippen LogP contribution in [0.1, 0.15) is 31.2 Å². The smallest absolute Gasteiger partial charge is 0.229 e. The van der Waals surface area contributed by atoms with Gasteiger partial charge in [-0.05, 0) is 56.7 Å². The van der Waals surface area contributed by atoms with Gasteiger partial charge in [-0.3, -0.25) is 4.79 Å². The van der Waals surface area contributed by atoms with Gasteiger partial charge in [0.25, 0.3) is 0 Å². The quantitative estimate of drug-likeness (QED) is 0.902. The molecule has 3 rings (SSSR count). The van der Waals surface area contributed by atoms with Gasteiger partial charge in [0.2, 0.25) is 5.91 Å². The summed E-state index contributed by atoms with van der Waals surface area (Å²) in [6.07, 6.45) is 5.00. The van der Waals surface area contributed by atoms with Crippen LogP contribution in [0.4, 0.5) is 0 Å². The molecule has 0 radical (unpaired) electrons. The molecular formula is C20H30N2O2. The second-order valence-corrected chi connectivity index (χ2v) is 7.41. The van der Waals surface area contributed by atoms with E-state index in [2.05, 4.69) is 34.5 Å². The largest absolute Gasteiger partial charge is 0.384 e. The second-order valence-electron chi connectivity index (χ2n) is 7.41. The highest BCUT2D eigenvalue weighted by atomic mass is 16.5. The summed E-state index contributed by atoms with van der Waals surface area (Å²) in [7, 11) is 1.75. The van der Waals surface area contributed by atoms with Gasteiger partial charge in [0.15, 0.2) is 0 Å². The Bertz CT molecular complexity index is 524. The molecule has 0 bridgehead atoms. The molecule has 2 aliphatic rings. The molecule has 0 aromatic heterocycles. The van der Waals surface area contributed by atoms with Crippen LogP contribution in [0.25, 0.3) is 0 Å². The zero-order chi connectivity index (χ0) is 16.8. The van der Waals surface area contributed by atoms with E-state index in [1.165, 1.54) is 12.0 Å². The summed E-state index contributed by atoms with van der Waals surface area (Å²) >= 11 is 0. The number of carbonyl (C=O) groups is 1. The Morgan fingerprint density at radius 3 is 2.75 bits per heavy atom. The Hall–Kier alpha value is -1.39. The summed E-state index contributed by atoms with van der Waals surface area (Å²) in [5.41, 5.74) is 1.04. The van der Waals surface area contributed by atoms with Gasteiger partial charge in [-0.25, -0.2) is 0 Å². The molecule has 2 saturated heterocycles. The Morgan fingerprint density at radius 1 is 1.29 bits per heavy atom. The summed E-state index contributed by atoms with van der Waals surface area (Å²) in [5, 5.41) is 3.42. The Labute approximate surface area is 145 Å². The lowest BCUT2D eigenvalue weighted by Gasteiger charge is -2.43. The highest BCUT2D eigenvalue weighted by Gasteiger charge is 2.42. The zero-order valence-electron chi connectivity index (χ0n) is 14.8. The maximum atomic E-state index is 13.5. The molecular weight excluding hydrogens is 300 g/mol. The van der Waals surface area contributed by atoms with Crippen LogP contribution in [-0.2, 0) is 16.0 Å². The van der Waals surface area contributed by atoms with E-state index < -0.39 is 0 Å². The summed E-state index contributed by atoms with van der Waals surface area (Å²) < 4.78 is 5.33. The van der Waals surface area contributed by atoms with Crippen molar-refractivity contribution in [2.75, 3.05) is 39.9 Å². The molecule has 1 N–H and O–H groups in total. The van der Waals surface area contributed by atoms with E-state index in [0.29, 0.717) is 11.8 Å². The Morgan fingerprint density at radius 2 is 2.04 bits per heavy atom. The van der Waals surface area contributed by atoms with Gasteiger partial charge in [0.05, 0.1) is 12.0 Å². The lowest BCUT2D eigenvalue weighted by Crippen LogP contribution is -2.53. The molecule has 1 aromatic carbocycles. The number of hydrogen-bond donors (Lipinski definition) is 1. The number of benzene rings is 1. The molecule has 0 aliphatic carbocycles. The average molecular weight is 330 g/mol. The number of carbonyl (C=O) groups excluding carboxylic acids is 1. The van der Waals surface area contributed by atoms with E-state index in [-0.39, 0.29) is 5.41 Å². The van der Waals surface area contributed by atoms with Crippen molar-refractivity contribution in [3.8, 4) is 0 Å². The molecule has 1 amide bonds. The van der Waals surface area contributed by atoms with E-state index in [0.717, 1.165) is 58.5 Å². The molecule has 24 heavy (non-hydrogen) atoms. The van der Waals surface area contributed by atoms with Crippen LogP contribution >= 0.6 is 0 Å². The standard InChI is InChI=1S/C20H30N2O2/c1-24-16-18-8-5-13-22(15-18)19(23)20(9-11-21-12-10-20)14-17-6-3-2-4-7-17/h2-4,6-7,18,21H,5,8-16H2,1H3. The molecule has 2 aliphatic heterocycles. The number of likely N-dealkylation sites (tertiary alicyclic amines) is 1. The fourth-order valence-corrected chi connectivity index (χ4v) is 4.31. The van der Waals surface area contributed by atoms with Crippen molar-refractivity contribution in [1.82, 2.24) is 10.2 Å². The van der Waals surface area contributed by atoms with E-state index in [9.17, 15) is 4.79 Å². The number of piperidine rings is 2. The topological polar surface area (TPSA) is 41.6 Å². The van der Waals surface area contributed by atoms with Crippen molar-refractivity contribution in [2.24, 2.45) is 11.3 Å². The highest BCUT2D eigenvalue weighted by Crippen LogP contribution is 2.36. The maximum absolute atomic E-state index is 13.5. The first-order chi connectivity index (χ1) is 11.7. The predicted octanol–water partition coefficient (Wildman–Crippen LogP) is 2.48. The van der Waals surface area contributed by atoms with Crippen molar-refractivity contribution in [3.63, 3.8) is 0 Å². The first-order valence-corrected chi connectivity index (χ1v) is 9.26. The molecule has 132 valence electrons. The summed E-state index contributed by atoms with van der Waals surface area (Å²) in [6.45, 7) is 4.40. The Kier molecular flexibility index (Phi) is 5.90. The molecule has 1 unspecified atom stereocenters. The fraction of sp³-hybridized carbons (Fsp3) is 0.650. The summed E-state index contributed by atoms with van der Waals surface area (Å²) in [6, 6.07) is 10.5. The molecule has 2 fully saturated rings. The minimum Gasteiger partial charge on any atom is -0.384 e. The number of nitrogens with zero attached hydrogens (tertiary/aromatic N) is 1. The molecule has 0 spiro atoms. The normalized spacial score (nSPS) is 23.9. The lowest BCUT2D eigenvalue weighted by atomic mass is 9.72. The second kappa shape index (κ2) is 8.13. The van der Waals surface area contributed by atoms with E-state index in [1.54, 1.807) is 7.11 Å². The van der Waals surface area contributed by atoms with Gasteiger partial charge < -0.3 is 15.0 Å². The molecule has 1 aromatic rings. The molecule has 0 saturated carbocycles.